The molecule has 5 rings (SSSR count). The van der Waals surface area contributed by atoms with E-state index in [4.69, 9.17) is 10.1 Å². The van der Waals surface area contributed by atoms with E-state index in [9.17, 15) is 0 Å². The molecule has 0 amide bonds. The molecule has 0 aliphatic carbocycles. The molecule has 27 heavy (non-hydrogen) atoms. The zero-order valence-corrected chi connectivity index (χ0v) is 16.6. The minimum Gasteiger partial charge on any atom is -0.317 e. The number of nitrogens with one attached hydrogen (secondary N) is 1. The van der Waals surface area contributed by atoms with Crippen molar-refractivity contribution in [3.05, 3.63) is 35.8 Å². The van der Waals surface area contributed by atoms with Crippen LogP contribution in [0.15, 0.2) is 24.5 Å². The van der Waals surface area contributed by atoms with Gasteiger partial charge in [-0.25, -0.2) is 9.50 Å². The van der Waals surface area contributed by atoms with E-state index in [1.165, 1.54) is 36.9 Å². The number of hydrogen-bond donors (Lipinski definition) is 1. The maximum Gasteiger partial charge on any atom is 0.212 e. The van der Waals surface area contributed by atoms with Gasteiger partial charge in [0.1, 0.15) is 5.01 Å². The monoisotopic (exact) mass is 380 g/mol. The van der Waals surface area contributed by atoms with Crippen LogP contribution in [0.3, 0.4) is 0 Å². The quantitative estimate of drug-likeness (QED) is 0.573. The molecule has 0 radical (unpaired) electrons. The number of hydrogen-bond acceptors (Lipinski definition) is 5. The van der Waals surface area contributed by atoms with Crippen molar-refractivity contribution in [2.75, 3.05) is 13.1 Å². The fourth-order valence-electron chi connectivity index (χ4n) is 4.10. The minimum absolute atomic E-state index is 0.568. The Morgan fingerprint density at radius 2 is 1.93 bits per heavy atom. The van der Waals surface area contributed by atoms with Gasteiger partial charge in [0.15, 0.2) is 0 Å². The second-order valence-electron chi connectivity index (χ2n) is 7.57. The van der Waals surface area contributed by atoms with Crippen molar-refractivity contribution in [3.63, 3.8) is 0 Å². The summed E-state index contributed by atoms with van der Waals surface area (Å²) in [4.78, 5) is 5.92. The van der Waals surface area contributed by atoms with Crippen LogP contribution in [-0.2, 0) is 7.05 Å². The fourth-order valence-corrected chi connectivity index (χ4v) is 4.97. The van der Waals surface area contributed by atoms with Gasteiger partial charge in [-0.15, -0.1) is 0 Å². The third kappa shape index (κ3) is 3.15. The molecule has 1 N–H and O–H groups in total. The van der Waals surface area contributed by atoms with Gasteiger partial charge in [-0.3, -0.25) is 4.68 Å². The van der Waals surface area contributed by atoms with E-state index in [1.807, 2.05) is 16.2 Å². The lowest BCUT2D eigenvalue weighted by atomic mass is 9.93. The van der Waals surface area contributed by atoms with Crippen molar-refractivity contribution in [2.24, 2.45) is 7.05 Å². The van der Waals surface area contributed by atoms with Crippen LogP contribution >= 0.6 is 11.3 Å². The largest absolute Gasteiger partial charge is 0.317 e. The van der Waals surface area contributed by atoms with Gasteiger partial charge in [-0.05, 0) is 63.4 Å². The Morgan fingerprint density at radius 3 is 2.70 bits per heavy atom. The Morgan fingerprint density at radius 1 is 1.11 bits per heavy atom. The van der Waals surface area contributed by atoms with Gasteiger partial charge in [0, 0.05) is 30.1 Å². The number of rotatable bonds is 2. The van der Waals surface area contributed by atoms with Gasteiger partial charge in [0.05, 0.1) is 17.4 Å². The molecular weight excluding hydrogens is 356 g/mol. The molecule has 140 valence electrons. The summed E-state index contributed by atoms with van der Waals surface area (Å²) in [5, 5.41) is 15.0. The Bertz CT molecular complexity index is 1070. The van der Waals surface area contributed by atoms with E-state index in [2.05, 4.69) is 41.9 Å². The third-order valence-corrected chi connectivity index (χ3v) is 6.42. The first-order chi connectivity index (χ1) is 13.2. The van der Waals surface area contributed by atoms with Crippen LogP contribution in [0.5, 0.6) is 0 Å². The van der Waals surface area contributed by atoms with Crippen LogP contribution in [0.4, 0.5) is 0 Å². The van der Waals surface area contributed by atoms with Crippen LogP contribution in [0, 0.1) is 6.92 Å². The zero-order chi connectivity index (χ0) is 18.4. The highest BCUT2D eigenvalue weighted by Gasteiger charge is 2.19. The highest BCUT2D eigenvalue weighted by molar-refractivity contribution is 7.19. The summed E-state index contributed by atoms with van der Waals surface area (Å²) < 4.78 is 3.84. The van der Waals surface area contributed by atoms with Gasteiger partial charge in [0.25, 0.3) is 0 Å². The van der Waals surface area contributed by atoms with Gasteiger partial charge in [0.2, 0.25) is 4.96 Å². The lowest BCUT2D eigenvalue weighted by Crippen LogP contribution is -2.21. The zero-order valence-electron chi connectivity index (χ0n) is 15.8. The molecule has 6 nitrogen and oxygen atoms in total. The predicted octanol–water partition coefficient (Wildman–Crippen LogP) is 3.90. The van der Waals surface area contributed by atoms with E-state index in [0.717, 1.165) is 39.5 Å². The number of nitrogens with zero attached hydrogens (tertiary/aromatic N) is 5. The van der Waals surface area contributed by atoms with Gasteiger partial charge >= 0.3 is 0 Å². The molecule has 4 aromatic rings. The van der Waals surface area contributed by atoms with Crippen molar-refractivity contribution < 1.29 is 0 Å². The van der Waals surface area contributed by atoms with E-state index >= 15 is 0 Å². The molecule has 1 aliphatic rings. The third-order valence-electron chi connectivity index (χ3n) is 5.45. The van der Waals surface area contributed by atoms with E-state index in [1.54, 1.807) is 11.3 Å². The topological polar surface area (TPSA) is 60.0 Å². The SMILES string of the molecule is Cc1cc(-c2nn3cc(C4CCCNCCC4)nc3s2)cc2cn(C)nc12. The molecule has 3 aromatic heterocycles. The molecule has 0 unspecified atom stereocenters. The first-order valence-corrected chi connectivity index (χ1v) is 10.5. The molecule has 1 aromatic carbocycles. The second kappa shape index (κ2) is 6.73. The molecule has 0 spiro atoms. The Balaban J connectivity index is 1.48. The molecule has 1 saturated heterocycles. The van der Waals surface area contributed by atoms with Crippen molar-refractivity contribution in [3.8, 4) is 10.6 Å². The summed E-state index contributed by atoms with van der Waals surface area (Å²) in [6.45, 7) is 4.35. The maximum atomic E-state index is 4.93. The number of imidazole rings is 1. The number of fused-ring (bicyclic) bond motifs is 2. The van der Waals surface area contributed by atoms with Gasteiger partial charge < -0.3 is 5.32 Å². The maximum absolute atomic E-state index is 4.93. The van der Waals surface area contributed by atoms with Crippen LogP contribution in [-0.4, -0.2) is 37.5 Å². The fraction of sp³-hybridized carbons (Fsp3) is 0.450. The van der Waals surface area contributed by atoms with Crippen molar-refractivity contribution in [1.29, 1.82) is 0 Å². The Labute approximate surface area is 162 Å². The summed E-state index contributed by atoms with van der Waals surface area (Å²) in [7, 11) is 1.96. The summed E-state index contributed by atoms with van der Waals surface area (Å²) in [5.74, 6) is 0.568. The van der Waals surface area contributed by atoms with Crippen LogP contribution in [0.1, 0.15) is 42.9 Å². The van der Waals surface area contributed by atoms with Crippen molar-refractivity contribution >= 4 is 27.2 Å². The van der Waals surface area contributed by atoms with E-state index < -0.39 is 0 Å². The lowest BCUT2D eigenvalue weighted by Gasteiger charge is -2.18. The van der Waals surface area contributed by atoms with Crippen molar-refractivity contribution in [2.45, 2.75) is 38.5 Å². The normalized spacial score (nSPS) is 16.8. The average Bonchev–Trinajstić information content (AvgIpc) is 3.26. The second-order valence-corrected chi connectivity index (χ2v) is 8.52. The number of benzene rings is 1. The standard InChI is InChI=1S/C20H24N6S/c1-13-9-15(10-16-11-25(2)23-18(13)16)19-24-26-12-17(22-20(26)27-19)14-5-3-7-21-8-4-6-14/h9-12,14,21H,3-8H2,1-2H3. The minimum atomic E-state index is 0.568. The Hall–Kier alpha value is -2.25. The average molecular weight is 381 g/mol. The van der Waals surface area contributed by atoms with Crippen LogP contribution in [0.2, 0.25) is 0 Å². The Kier molecular flexibility index (Phi) is 4.21. The molecule has 0 saturated carbocycles. The molecule has 0 atom stereocenters. The highest BCUT2D eigenvalue weighted by atomic mass is 32.1. The smallest absolute Gasteiger partial charge is 0.212 e. The predicted molar refractivity (Wildman–Crippen MR) is 109 cm³/mol. The molecule has 1 aliphatic heterocycles. The molecule has 1 fully saturated rings. The number of aryl methyl sites for hydroxylation is 2. The van der Waals surface area contributed by atoms with E-state index in [-0.39, 0.29) is 0 Å². The van der Waals surface area contributed by atoms with E-state index in [0.29, 0.717) is 5.92 Å². The lowest BCUT2D eigenvalue weighted by molar-refractivity contribution is 0.461. The highest BCUT2D eigenvalue weighted by Crippen LogP contribution is 2.32. The van der Waals surface area contributed by atoms with Crippen molar-refractivity contribution in [1.82, 2.24) is 29.7 Å². The molecule has 4 heterocycles. The van der Waals surface area contributed by atoms with Crippen LogP contribution in [0.25, 0.3) is 26.4 Å². The van der Waals surface area contributed by atoms with Gasteiger partial charge in [-0.2, -0.15) is 10.2 Å². The first-order valence-electron chi connectivity index (χ1n) is 9.68. The summed E-state index contributed by atoms with van der Waals surface area (Å²) in [5.41, 5.74) is 4.59. The summed E-state index contributed by atoms with van der Waals surface area (Å²) in [6.07, 6.45) is 9.07. The summed E-state index contributed by atoms with van der Waals surface area (Å²) >= 11 is 1.67. The molecule has 0 bridgehead atoms. The first kappa shape index (κ1) is 16.9. The molecular formula is C20H24N6S. The molecule has 7 heteroatoms. The summed E-state index contributed by atoms with van der Waals surface area (Å²) in [6, 6.07) is 4.35. The van der Waals surface area contributed by atoms with Gasteiger partial charge in [-0.1, -0.05) is 11.3 Å². The number of aromatic nitrogens is 5. The van der Waals surface area contributed by atoms with Crippen LogP contribution < -0.4 is 5.32 Å².